The van der Waals surface area contributed by atoms with Gasteiger partial charge in [0, 0.05) is 46.3 Å². The van der Waals surface area contributed by atoms with Crippen molar-refractivity contribution in [3.8, 4) is 0 Å². The van der Waals surface area contributed by atoms with Crippen molar-refractivity contribution >= 4 is 35.8 Å². The molecule has 9 heteroatoms. The van der Waals surface area contributed by atoms with Crippen LogP contribution in [0.15, 0.2) is 41.9 Å². The van der Waals surface area contributed by atoms with Crippen LogP contribution >= 0.6 is 24.0 Å². The van der Waals surface area contributed by atoms with Gasteiger partial charge in [-0.05, 0) is 37.0 Å². The maximum Gasteiger partial charge on any atom is 0.253 e. The normalized spacial score (nSPS) is 10.9. The van der Waals surface area contributed by atoms with Crippen molar-refractivity contribution in [2.45, 2.75) is 25.8 Å². The molecule has 154 valence electrons. The first-order valence-electron chi connectivity index (χ1n) is 9.17. The number of halogens is 1. The first kappa shape index (κ1) is 23.9. The zero-order valence-electron chi connectivity index (χ0n) is 16.8. The number of hydrogen-bond donors (Lipinski definition) is 2. The number of nitrogens with one attached hydrogen (secondary N) is 2. The van der Waals surface area contributed by atoms with Crippen LogP contribution in [0, 0.1) is 0 Å². The zero-order chi connectivity index (χ0) is 19.5. The van der Waals surface area contributed by atoms with Crippen LogP contribution in [0.2, 0.25) is 0 Å². The van der Waals surface area contributed by atoms with Crippen LogP contribution in [-0.2, 0) is 13.0 Å². The molecule has 0 unspecified atom stereocenters. The van der Waals surface area contributed by atoms with E-state index in [1.165, 1.54) is 0 Å². The van der Waals surface area contributed by atoms with Gasteiger partial charge in [0.15, 0.2) is 5.96 Å². The van der Waals surface area contributed by atoms with Gasteiger partial charge in [-0.25, -0.2) is 0 Å². The van der Waals surface area contributed by atoms with Crippen molar-refractivity contribution in [2.24, 2.45) is 4.99 Å². The minimum Gasteiger partial charge on any atom is -0.356 e. The topological polar surface area (TPSA) is 87.4 Å². The summed E-state index contributed by atoms with van der Waals surface area (Å²) in [6, 6.07) is 7.76. The van der Waals surface area contributed by atoms with E-state index in [-0.39, 0.29) is 29.9 Å². The number of rotatable bonds is 9. The maximum absolute atomic E-state index is 12.0. The number of carbonyl (C=O) groups is 1. The van der Waals surface area contributed by atoms with Gasteiger partial charge in [0.05, 0.1) is 0 Å². The Labute approximate surface area is 183 Å². The standard InChI is InChI=1S/C19H29N7O.HI/c1-20-19(21-10-4-5-12-26-14-23-24-15-26)22-11-9-16-7-6-8-17(13-16)18(27)25(2)3;/h6-8,13-15H,4-5,9-12H2,1-3H3,(H2,20,21,22);1H. The summed E-state index contributed by atoms with van der Waals surface area (Å²) >= 11 is 0. The molecule has 0 bridgehead atoms. The van der Waals surface area contributed by atoms with Gasteiger partial charge in [0.25, 0.3) is 5.91 Å². The second-order valence-corrected chi connectivity index (χ2v) is 6.48. The predicted molar refractivity (Wildman–Crippen MR) is 122 cm³/mol. The lowest BCUT2D eigenvalue weighted by atomic mass is 10.1. The fraction of sp³-hybridized carbons (Fsp3) is 0.474. The number of aryl methyl sites for hydroxylation is 1. The number of nitrogens with zero attached hydrogens (tertiary/aromatic N) is 5. The van der Waals surface area contributed by atoms with Gasteiger partial charge in [0.1, 0.15) is 12.7 Å². The molecule has 1 aromatic carbocycles. The summed E-state index contributed by atoms with van der Waals surface area (Å²) in [5.41, 5.74) is 1.84. The third-order valence-corrected chi connectivity index (χ3v) is 4.11. The molecular weight excluding hydrogens is 469 g/mol. The summed E-state index contributed by atoms with van der Waals surface area (Å²) in [5.74, 6) is 0.813. The van der Waals surface area contributed by atoms with E-state index in [4.69, 9.17) is 0 Å². The fourth-order valence-electron chi connectivity index (χ4n) is 2.63. The Morgan fingerprint density at radius 3 is 2.54 bits per heavy atom. The van der Waals surface area contributed by atoms with Gasteiger partial charge in [-0.3, -0.25) is 9.79 Å². The molecule has 0 saturated carbocycles. The number of aromatic nitrogens is 3. The van der Waals surface area contributed by atoms with Crippen molar-refractivity contribution in [3.05, 3.63) is 48.0 Å². The van der Waals surface area contributed by atoms with Crippen LogP contribution in [0.5, 0.6) is 0 Å². The van der Waals surface area contributed by atoms with E-state index in [2.05, 4.69) is 25.8 Å². The van der Waals surface area contributed by atoms with Crippen molar-refractivity contribution in [1.29, 1.82) is 0 Å². The lowest BCUT2D eigenvalue weighted by Crippen LogP contribution is -2.38. The molecule has 2 aromatic rings. The highest BCUT2D eigenvalue weighted by atomic mass is 127. The number of amides is 1. The number of aliphatic imine (C=N–C) groups is 1. The molecule has 0 saturated heterocycles. The summed E-state index contributed by atoms with van der Waals surface area (Å²) in [6.07, 6.45) is 6.37. The highest BCUT2D eigenvalue weighted by molar-refractivity contribution is 14.0. The molecular formula is C19H30IN7O. The van der Waals surface area contributed by atoms with Gasteiger partial charge in [-0.15, -0.1) is 34.2 Å². The van der Waals surface area contributed by atoms with Crippen molar-refractivity contribution in [3.63, 3.8) is 0 Å². The Morgan fingerprint density at radius 2 is 1.86 bits per heavy atom. The number of hydrogen-bond acceptors (Lipinski definition) is 4. The quantitative estimate of drug-likeness (QED) is 0.238. The lowest BCUT2D eigenvalue weighted by Gasteiger charge is -2.13. The van der Waals surface area contributed by atoms with Gasteiger partial charge in [-0.1, -0.05) is 12.1 Å². The van der Waals surface area contributed by atoms with Crippen LogP contribution in [0.25, 0.3) is 0 Å². The average molecular weight is 499 g/mol. The van der Waals surface area contributed by atoms with Crippen molar-refractivity contribution in [1.82, 2.24) is 30.3 Å². The first-order chi connectivity index (χ1) is 13.1. The molecule has 0 radical (unpaired) electrons. The van der Waals surface area contributed by atoms with E-state index in [0.29, 0.717) is 5.56 Å². The van der Waals surface area contributed by atoms with E-state index < -0.39 is 0 Å². The number of carbonyl (C=O) groups excluding carboxylic acids is 1. The first-order valence-corrected chi connectivity index (χ1v) is 9.17. The molecule has 0 aliphatic carbocycles. The van der Waals surface area contributed by atoms with Crippen LogP contribution < -0.4 is 10.6 Å². The fourth-order valence-corrected chi connectivity index (χ4v) is 2.63. The molecule has 0 atom stereocenters. The smallest absolute Gasteiger partial charge is 0.253 e. The lowest BCUT2D eigenvalue weighted by molar-refractivity contribution is 0.0827. The number of benzene rings is 1. The van der Waals surface area contributed by atoms with E-state index in [1.54, 1.807) is 38.7 Å². The van der Waals surface area contributed by atoms with Crippen molar-refractivity contribution < 1.29 is 4.79 Å². The number of guanidine groups is 1. The molecule has 1 aromatic heterocycles. The minimum absolute atomic E-state index is 0. The Bertz CT molecular complexity index is 732. The van der Waals surface area contributed by atoms with Gasteiger partial charge >= 0.3 is 0 Å². The van der Waals surface area contributed by atoms with E-state index in [0.717, 1.165) is 50.4 Å². The maximum atomic E-state index is 12.0. The van der Waals surface area contributed by atoms with E-state index >= 15 is 0 Å². The highest BCUT2D eigenvalue weighted by Gasteiger charge is 2.08. The molecule has 2 rings (SSSR count). The molecule has 8 nitrogen and oxygen atoms in total. The Balaban J connectivity index is 0.00000392. The van der Waals surface area contributed by atoms with Crippen LogP contribution in [0.4, 0.5) is 0 Å². The SMILES string of the molecule is CN=C(NCCCCn1cnnc1)NCCc1cccc(C(=O)N(C)C)c1.I. The summed E-state index contributed by atoms with van der Waals surface area (Å²) in [4.78, 5) is 17.9. The molecule has 2 N–H and O–H groups in total. The second kappa shape index (κ2) is 13.1. The van der Waals surface area contributed by atoms with Gasteiger partial charge < -0.3 is 20.1 Å². The van der Waals surface area contributed by atoms with E-state index in [1.807, 2.05) is 28.8 Å². The Hall–Kier alpha value is -2.17. The van der Waals surface area contributed by atoms with Crippen LogP contribution in [0.1, 0.15) is 28.8 Å². The van der Waals surface area contributed by atoms with Gasteiger partial charge in [0.2, 0.25) is 0 Å². The predicted octanol–water partition coefficient (Wildman–Crippen LogP) is 1.79. The second-order valence-electron chi connectivity index (χ2n) is 6.48. The summed E-state index contributed by atoms with van der Waals surface area (Å²) in [7, 11) is 5.29. The number of unbranched alkanes of at least 4 members (excludes halogenated alkanes) is 1. The highest BCUT2D eigenvalue weighted by Crippen LogP contribution is 2.07. The Kier molecular flexibility index (Phi) is 11.2. The third kappa shape index (κ3) is 8.24. The van der Waals surface area contributed by atoms with Gasteiger partial charge in [-0.2, -0.15) is 0 Å². The van der Waals surface area contributed by atoms with Crippen molar-refractivity contribution in [2.75, 3.05) is 34.2 Å². The summed E-state index contributed by atoms with van der Waals surface area (Å²) in [6.45, 7) is 2.53. The monoisotopic (exact) mass is 499 g/mol. The molecule has 28 heavy (non-hydrogen) atoms. The Morgan fingerprint density at radius 1 is 1.14 bits per heavy atom. The third-order valence-electron chi connectivity index (χ3n) is 4.11. The molecule has 0 aliphatic heterocycles. The zero-order valence-corrected chi connectivity index (χ0v) is 19.1. The molecule has 0 aliphatic rings. The summed E-state index contributed by atoms with van der Waals surface area (Å²) < 4.78 is 1.97. The molecule has 0 fully saturated rings. The molecule has 1 amide bonds. The minimum atomic E-state index is 0. The average Bonchev–Trinajstić information content (AvgIpc) is 3.19. The molecule has 1 heterocycles. The molecule has 0 spiro atoms. The van der Waals surface area contributed by atoms with Crippen LogP contribution in [0.3, 0.4) is 0 Å². The summed E-state index contributed by atoms with van der Waals surface area (Å²) in [5, 5.41) is 14.2. The largest absolute Gasteiger partial charge is 0.356 e. The van der Waals surface area contributed by atoms with Crippen LogP contribution in [-0.4, -0.2) is 65.8 Å². The van der Waals surface area contributed by atoms with E-state index in [9.17, 15) is 4.79 Å².